The van der Waals surface area contributed by atoms with E-state index >= 15 is 0 Å². The van der Waals surface area contributed by atoms with E-state index in [2.05, 4.69) is 5.32 Å². The van der Waals surface area contributed by atoms with E-state index in [9.17, 15) is 9.59 Å². The number of anilines is 2. The van der Waals surface area contributed by atoms with Crippen LogP contribution in [0.15, 0.2) is 18.2 Å². The lowest BCUT2D eigenvalue weighted by Crippen LogP contribution is -2.32. The third kappa shape index (κ3) is 2.63. The van der Waals surface area contributed by atoms with E-state index in [4.69, 9.17) is 17.2 Å². The standard InChI is InChI=1S/C10H14N4O2/c1-5(9(12)15)14-8-4-6(10(13)16)2-3-7(8)11/h2-5,14H,11H2,1H3,(H2,12,15)(H2,13,16). The molecule has 0 aliphatic carbocycles. The second kappa shape index (κ2) is 4.52. The predicted octanol–water partition coefficient (Wildman–Crippen LogP) is -0.347. The lowest BCUT2D eigenvalue weighted by atomic mass is 10.1. The topological polar surface area (TPSA) is 124 Å². The molecule has 16 heavy (non-hydrogen) atoms. The maximum absolute atomic E-state index is 10.9. The highest BCUT2D eigenvalue weighted by Crippen LogP contribution is 2.20. The minimum absolute atomic E-state index is 0.313. The summed E-state index contributed by atoms with van der Waals surface area (Å²) < 4.78 is 0. The molecule has 6 nitrogen and oxygen atoms in total. The lowest BCUT2D eigenvalue weighted by Gasteiger charge is -2.14. The minimum Gasteiger partial charge on any atom is -0.397 e. The van der Waals surface area contributed by atoms with Gasteiger partial charge in [-0.1, -0.05) is 0 Å². The second-order valence-corrected chi connectivity index (χ2v) is 3.43. The maximum atomic E-state index is 10.9. The van der Waals surface area contributed by atoms with Crippen LogP contribution in [0, 0.1) is 0 Å². The zero-order chi connectivity index (χ0) is 12.3. The number of rotatable bonds is 4. The number of hydrogen-bond acceptors (Lipinski definition) is 4. The van der Waals surface area contributed by atoms with Crippen LogP contribution in [0.5, 0.6) is 0 Å². The Morgan fingerprint density at radius 1 is 1.31 bits per heavy atom. The summed E-state index contributed by atoms with van der Waals surface area (Å²) >= 11 is 0. The summed E-state index contributed by atoms with van der Waals surface area (Å²) in [5.74, 6) is -1.07. The largest absolute Gasteiger partial charge is 0.397 e. The molecule has 0 fully saturated rings. The zero-order valence-electron chi connectivity index (χ0n) is 8.86. The van der Waals surface area contributed by atoms with Crippen LogP contribution in [0.1, 0.15) is 17.3 Å². The van der Waals surface area contributed by atoms with E-state index in [1.54, 1.807) is 6.92 Å². The number of primary amides is 2. The summed E-state index contributed by atoms with van der Waals surface area (Å²) in [6.45, 7) is 1.60. The smallest absolute Gasteiger partial charge is 0.248 e. The van der Waals surface area contributed by atoms with Gasteiger partial charge in [-0.25, -0.2) is 0 Å². The SMILES string of the molecule is CC(Nc1cc(C(N)=O)ccc1N)C(N)=O. The molecule has 0 spiro atoms. The Balaban J connectivity index is 2.98. The third-order valence-electron chi connectivity index (χ3n) is 2.14. The van der Waals surface area contributed by atoms with Gasteiger partial charge in [-0.2, -0.15) is 0 Å². The van der Waals surface area contributed by atoms with Crippen molar-refractivity contribution < 1.29 is 9.59 Å². The molecule has 1 unspecified atom stereocenters. The Kier molecular flexibility index (Phi) is 3.34. The van der Waals surface area contributed by atoms with E-state index in [1.807, 2.05) is 0 Å². The van der Waals surface area contributed by atoms with E-state index in [-0.39, 0.29) is 0 Å². The number of carbonyl (C=O) groups excluding carboxylic acids is 2. The highest BCUT2D eigenvalue weighted by molar-refractivity contribution is 5.95. The van der Waals surface area contributed by atoms with Gasteiger partial charge in [0.25, 0.3) is 0 Å². The fourth-order valence-electron chi connectivity index (χ4n) is 1.14. The predicted molar refractivity (Wildman–Crippen MR) is 61.7 cm³/mol. The number of nitrogen functional groups attached to an aromatic ring is 1. The highest BCUT2D eigenvalue weighted by atomic mass is 16.1. The molecule has 7 N–H and O–H groups in total. The van der Waals surface area contributed by atoms with Crippen LogP contribution < -0.4 is 22.5 Å². The summed E-state index contributed by atoms with van der Waals surface area (Å²) in [6.07, 6.45) is 0. The van der Waals surface area contributed by atoms with Gasteiger partial charge in [0, 0.05) is 5.56 Å². The van der Waals surface area contributed by atoms with Crippen molar-refractivity contribution in [3.63, 3.8) is 0 Å². The Labute approximate surface area is 92.8 Å². The average Bonchev–Trinajstić information content (AvgIpc) is 2.20. The van der Waals surface area contributed by atoms with E-state index in [0.717, 1.165) is 0 Å². The molecule has 1 aromatic carbocycles. The average molecular weight is 222 g/mol. The molecule has 0 radical (unpaired) electrons. The van der Waals surface area contributed by atoms with Gasteiger partial charge in [-0.15, -0.1) is 0 Å². The first-order valence-electron chi connectivity index (χ1n) is 4.67. The van der Waals surface area contributed by atoms with Crippen LogP contribution in [0.4, 0.5) is 11.4 Å². The number of hydrogen-bond donors (Lipinski definition) is 4. The summed E-state index contributed by atoms with van der Waals surface area (Å²) in [5, 5.41) is 2.80. The van der Waals surface area contributed by atoms with Crippen molar-refractivity contribution in [3.05, 3.63) is 23.8 Å². The molecule has 1 rings (SSSR count). The molecule has 0 aliphatic heterocycles. The van der Waals surface area contributed by atoms with Crippen LogP contribution in [0.2, 0.25) is 0 Å². The molecule has 0 heterocycles. The molecule has 6 heteroatoms. The summed E-state index contributed by atoms with van der Waals surface area (Å²) in [6, 6.07) is 3.95. The summed E-state index contributed by atoms with van der Waals surface area (Å²) in [5.41, 5.74) is 17.1. The Hall–Kier alpha value is -2.24. The van der Waals surface area contributed by atoms with Gasteiger partial charge in [0.05, 0.1) is 11.4 Å². The molecule has 0 bridgehead atoms. The van der Waals surface area contributed by atoms with Crippen molar-refractivity contribution in [2.45, 2.75) is 13.0 Å². The fourth-order valence-corrected chi connectivity index (χ4v) is 1.14. The second-order valence-electron chi connectivity index (χ2n) is 3.43. The summed E-state index contributed by atoms with van der Waals surface area (Å²) in [7, 11) is 0. The molecule has 2 amide bonds. The Morgan fingerprint density at radius 3 is 2.44 bits per heavy atom. The first-order valence-corrected chi connectivity index (χ1v) is 4.67. The van der Waals surface area contributed by atoms with Crippen LogP contribution in [-0.4, -0.2) is 17.9 Å². The summed E-state index contributed by atoms with van der Waals surface area (Å²) in [4.78, 5) is 21.8. The number of carbonyl (C=O) groups is 2. The van der Waals surface area contributed by atoms with Gasteiger partial charge in [-0.3, -0.25) is 9.59 Å². The molecule has 1 aromatic rings. The number of amides is 2. The normalized spacial score (nSPS) is 11.8. The van der Waals surface area contributed by atoms with Gasteiger partial charge in [0.2, 0.25) is 11.8 Å². The van der Waals surface area contributed by atoms with Crippen molar-refractivity contribution in [1.29, 1.82) is 0 Å². The van der Waals surface area contributed by atoms with Crippen molar-refractivity contribution in [2.75, 3.05) is 11.1 Å². The first-order chi connectivity index (χ1) is 7.41. The van der Waals surface area contributed by atoms with Crippen LogP contribution in [0.3, 0.4) is 0 Å². The van der Waals surface area contributed by atoms with Gasteiger partial charge < -0.3 is 22.5 Å². The van der Waals surface area contributed by atoms with Crippen LogP contribution in [0.25, 0.3) is 0 Å². The Bertz CT molecular complexity index is 431. The van der Waals surface area contributed by atoms with Gasteiger partial charge in [0.1, 0.15) is 6.04 Å². The lowest BCUT2D eigenvalue weighted by molar-refractivity contribution is -0.118. The number of nitrogens with one attached hydrogen (secondary N) is 1. The maximum Gasteiger partial charge on any atom is 0.248 e. The minimum atomic E-state index is -0.578. The molecule has 86 valence electrons. The highest BCUT2D eigenvalue weighted by Gasteiger charge is 2.11. The van der Waals surface area contributed by atoms with Gasteiger partial charge >= 0.3 is 0 Å². The molecular formula is C10H14N4O2. The van der Waals surface area contributed by atoms with Crippen molar-refractivity contribution in [1.82, 2.24) is 0 Å². The Morgan fingerprint density at radius 2 is 1.94 bits per heavy atom. The van der Waals surface area contributed by atoms with Gasteiger partial charge in [0.15, 0.2) is 0 Å². The molecule has 0 saturated heterocycles. The number of benzene rings is 1. The van der Waals surface area contributed by atoms with E-state index in [1.165, 1.54) is 18.2 Å². The zero-order valence-corrected chi connectivity index (χ0v) is 8.86. The van der Waals surface area contributed by atoms with Crippen LogP contribution >= 0.6 is 0 Å². The first kappa shape index (κ1) is 11.8. The van der Waals surface area contributed by atoms with Crippen molar-refractivity contribution >= 4 is 23.2 Å². The molecular weight excluding hydrogens is 208 g/mol. The monoisotopic (exact) mass is 222 g/mol. The molecule has 0 aromatic heterocycles. The van der Waals surface area contributed by atoms with Gasteiger partial charge in [-0.05, 0) is 25.1 Å². The fraction of sp³-hybridized carbons (Fsp3) is 0.200. The quantitative estimate of drug-likeness (QED) is 0.520. The van der Waals surface area contributed by atoms with Crippen molar-refractivity contribution in [3.8, 4) is 0 Å². The molecule has 0 saturated carbocycles. The molecule has 0 aliphatic rings. The third-order valence-corrected chi connectivity index (χ3v) is 2.14. The number of nitrogens with two attached hydrogens (primary N) is 3. The van der Waals surface area contributed by atoms with E-state index in [0.29, 0.717) is 16.9 Å². The molecule has 1 atom stereocenters. The van der Waals surface area contributed by atoms with E-state index < -0.39 is 17.9 Å². The van der Waals surface area contributed by atoms with Crippen molar-refractivity contribution in [2.24, 2.45) is 11.5 Å². The van der Waals surface area contributed by atoms with Crippen LogP contribution in [-0.2, 0) is 4.79 Å².